The van der Waals surface area contributed by atoms with Crippen LogP contribution in [0.5, 0.6) is 5.75 Å². The summed E-state index contributed by atoms with van der Waals surface area (Å²) in [7, 11) is -29.5. The Morgan fingerprint density at radius 1 is 0.650 bits per heavy atom. The van der Waals surface area contributed by atoms with E-state index in [9.17, 15) is 82.6 Å². The predicted molar refractivity (Wildman–Crippen MR) is 298 cm³/mol. The number of hydrogen-bond acceptors (Lipinski definition) is 16. The molecule has 2 aliphatic rings. The molecule has 7 rings (SSSR count). The molecule has 0 aromatic heterocycles. The maximum Gasteiger partial charge on any atom is 0.295 e. The van der Waals surface area contributed by atoms with Gasteiger partial charge in [-0.25, -0.2) is 0 Å². The van der Waals surface area contributed by atoms with Crippen molar-refractivity contribution in [3.05, 3.63) is 137 Å². The molecule has 1 amide bonds. The number of benzene rings is 5. The van der Waals surface area contributed by atoms with E-state index in [1.54, 1.807) is 80.8 Å². The monoisotopic (exact) mass is 1220 g/mol. The number of hydrogen-bond donors (Lipinski definition) is 7. The highest BCUT2D eigenvalue weighted by Gasteiger charge is 2.46. The fraction of sp³-hybridized carbons (Fsp3) is 0.314. The molecule has 80 heavy (non-hydrogen) atoms. The Kier molecular flexibility index (Phi) is 16.9. The Labute approximate surface area is 463 Å². The van der Waals surface area contributed by atoms with Crippen LogP contribution in [0.15, 0.2) is 140 Å². The van der Waals surface area contributed by atoms with Crippen molar-refractivity contribution in [3.63, 3.8) is 0 Å². The summed E-state index contributed by atoms with van der Waals surface area (Å²) in [6.45, 7) is 12.1. The first-order valence-corrected chi connectivity index (χ1v) is 33.1. The topological polar surface area (TPSA) is 371 Å². The Balaban J connectivity index is 1.44. The van der Waals surface area contributed by atoms with Crippen molar-refractivity contribution in [2.75, 3.05) is 40.9 Å². The summed E-state index contributed by atoms with van der Waals surface area (Å²) in [5.74, 6) is -1.40. The Morgan fingerprint density at radius 3 is 1.64 bits per heavy atom. The molecule has 432 valence electrons. The van der Waals surface area contributed by atoms with Crippen LogP contribution in [0.3, 0.4) is 0 Å². The first-order chi connectivity index (χ1) is 36.7. The molecule has 7 N–H and O–H groups in total. The minimum absolute atomic E-state index is 0.0148. The van der Waals surface area contributed by atoms with E-state index in [1.165, 1.54) is 36.4 Å². The molecule has 5 aromatic rings. The maximum absolute atomic E-state index is 12.8. The second-order valence-corrected chi connectivity index (χ2v) is 29.0. The van der Waals surface area contributed by atoms with Gasteiger partial charge in [0.05, 0.1) is 27.3 Å². The molecule has 1 unspecified atom stereocenters. The molecule has 0 fully saturated rings. The number of anilines is 2. The lowest BCUT2D eigenvalue weighted by Gasteiger charge is -2.32. The molecule has 0 saturated heterocycles. The van der Waals surface area contributed by atoms with Crippen LogP contribution in [0.1, 0.15) is 64.2 Å². The van der Waals surface area contributed by atoms with Gasteiger partial charge < -0.3 is 19.9 Å². The number of fused-ring (bicyclic) bond motifs is 6. The van der Waals surface area contributed by atoms with E-state index in [0.29, 0.717) is 46.8 Å². The molecule has 0 saturated carbocycles. The Bertz CT molecular complexity index is 4190. The van der Waals surface area contributed by atoms with Gasteiger partial charge in [0.1, 0.15) is 21.3 Å². The van der Waals surface area contributed by atoms with Gasteiger partial charge in [-0.05, 0) is 120 Å². The van der Waals surface area contributed by atoms with Crippen LogP contribution in [0.2, 0.25) is 0 Å². The van der Waals surface area contributed by atoms with Crippen molar-refractivity contribution in [2.45, 2.75) is 90.3 Å². The minimum Gasteiger partial charge on any atom is -0.457 e. The van der Waals surface area contributed by atoms with Gasteiger partial charge in [0.25, 0.3) is 60.7 Å². The molecule has 1 atom stereocenters. The number of amides is 1. The Hall–Kier alpha value is -6.09. The summed E-state index contributed by atoms with van der Waals surface area (Å²) in [5.41, 5.74) is 0.233. The summed E-state index contributed by atoms with van der Waals surface area (Å²) in [6, 6.07) is 14.7. The maximum atomic E-state index is 12.8. The number of ether oxygens (including phenoxy) is 1. The smallest absolute Gasteiger partial charge is 0.295 e. The van der Waals surface area contributed by atoms with Crippen LogP contribution in [0.25, 0.3) is 21.5 Å². The van der Waals surface area contributed by atoms with E-state index < -0.39 is 109 Å². The lowest BCUT2D eigenvalue weighted by Crippen LogP contribution is -2.41. The predicted octanol–water partition coefficient (Wildman–Crippen LogP) is 6.44. The lowest BCUT2D eigenvalue weighted by atomic mass is 9.78. The molecule has 0 spiro atoms. The molecular weight excluding hydrogens is 1170 g/mol. The van der Waals surface area contributed by atoms with Crippen molar-refractivity contribution in [3.8, 4) is 5.75 Å². The minimum atomic E-state index is -5.13. The third kappa shape index (κ3) is 13.5. The highest BCUT2D eigenvalue weighted by atomic mass is 32.2. The van der Waals surface area contributed by atoms with E-state index in [1.807, 2.05) is 0 Å². The van der Waals surface area contributed by atoms with Crippen LogP contribution in [0, 0.1) is 0 Å². The quantitative estimate of drug-likeness (QED) is 0.0180. The number of carbonyl (C=O) groups is 1. The van der Waals surface area contributed by atoms with Crippen LogP contribution in [-0.2, 0) is 82.8 Å². The first kappa shape index (κ1) is 61.5. The van der Waals surface area contributed by atoms with E-state index >= 15 is 0 Å². The van der Waals surface area contributed by atoms with Gasteiger partial charge in [0.15, 0.2) is 0 Å². The summed E-state index contributed by atoms with van der Waals surface area (Å²) in [6.07, 6.45) is 6.34. The van der Waals surface area contributed by atoms with Gasteiger partial charge in [-0.2, -0.15) is 50.5 Å². The summed E-state index contributed by atoms with van der Waals surface area (Å²) >= 11 is 0. The number of allylic oxidation sites excluding steroid dienone is 4. The molecule has 2 aliphatic heterocycles. The third-order valence-corrected chi connectivity index (χ3v) is 18.9. The Morgan fingerprint density at radius 2 is 1.15 bits per heavy atom. The molecular formula is C51H57N3O20S6. The number of carbonyl (C=O) groups excluding carboxylic acids is 1. The van der Waals surface area contributed by atoms with Crippen LogP contribution >= 0.6 is 0 Å². The van der Waals surface area contributed by atoms with Crippen molar-refractivity contribution >= 4 is 99.5 Å². The molecule has 29 heteroatoms. The van der Waals surface area contributed by atoms with Crippen molar-refractivity contribution < 1.29 is 87.4 Å². The standard InChI is InChI=1S/C51H57N3O20S6/c1-31(2)49(55)52-22-21-32-9-11-33(12-10-32)74-34(13-19-45-50(3,4)47-39-27-35(77(62,63)64)29-43(79(68,69)70)37(39)15-17-41(47)53(45)23-7-25-75(56,57)58)14-20-46-51(5,6)48-40-28-36(78(65,66)67)30-44(80(71,72)73)38(40)16-18-42(48)54(46)24-8-26-76(59,60)61/h9-20,27-30,45H,1,7-8,21-26H2,2-6H3,(H,52,55)(H,56,57,58)(H,59,60,61)(H,62,63,64)(H,65,66,67)(H,68,69,70)(H,71,72,73)/b19-13+,34-14-,46-20-. The van der Waals surface area contributed by atoms with Crippen LogP contribution in [0.4, 0.5) is 11.4 Å². The van der Waals surface area contributed by atoms with E-state index in [2.05, 4.69) is 11.9 Å². The second kappa shape index (κ2) is 22.0. The van der Waals surface area contributed by atoms with E-state index in [4.69, 9.17) is 4.74 Å². The highest BCUT2D eigenvalue weighted by molar-refractivity contribution is 7.87. The lowest BCUT2D eigenvalue weighted by molar-refractivity contribution is -0.117. The third-order valence-electron chi connectivity index (χ3n) is 13.8. The molecule has 0 bridgehead atoms. The van der Waals surface area contributed by atoms with Crippen molar-refractivity contribution in [1.29, 1.82) is 0 Å². The highest BCUT2D eigenvalue weighted by Crippen LogP contribution is 2.53. The van der Waals surface area contributed by atoms with Crippen molar-refractivity contribution in [1.82, 2.24) is 5.32 Å². The molecule has 2 heterocycles. The van der Waals surface area contributed by atoms with Gasteiger partial charge in [0.2, 0.25) is 5.91 Å². The largest absolute Gasteiger partial charge is 0.457 e. The number of nitrogens with one attached hydrogen (secondary N) is 1. The summed E-state index contributed by atoms with van der Waals surface area (Å²) in [4.78, 5) is 12.1. The zero-order valence-corrected chi connectivity index (χ0v) is 48.3. The SMILES string of the molecule is C=C(C)C(=O)NCCc1ccc(OC(=C\C=C2/N(CCCS(=O)(=O)O)c3ccc4c(S(=O)(=O)O)cc(S(=O)(=O)O)cc4c3C2(C)C)/C=C/C2N(CCCS(=O)(=O)O)c3ccc4c(S(=O)(=O)O)cc(S(=O)(=O)O)cc4c3C2(C)C)cc1. The molecule has 0 aliphatic carbocycles. The van der Waals surface area contributed by atoms with Gasteiger partial charge in [-0.1, -0.05) is 64.6 Å². The summed E-state index contributed by atoms with van der Waals surface area (Å²) < 4.78 is 216. The first-order valence-electron chi connectivity index (χ1n) is 24.1. The van der Waals surface area contributed by atoms with E-state index in [0.717, 1.165) is 17.7 Å². The normalized spacial score (nSPS) is 17.4. The van der Waals surface area contributed by atoms with Gasteiger partial charge >= 0.3 is 0 Å². The van der Waals surface area contributed by atoms with Crippen LogP contribution < -0.4 is 19.9 Å². The zero-order chi connectivity index (χ0) is 59.5. The summed E-state index contributed by atoms with van der Waals surface area (Å²) in [5, 5.41) is 2.46. The average molecular weight is 1220 g/mol. The number of rotatable bonds is 21. The fourth-order valence-electron chi connectivity index (χ4n) is 10.3. The average Bonchev–Trinajstić information content (AvgIpc) is 3.67. The zero-order valence-electron chi connectivity index (χ0n) is 43.4. The van der Waals surface area contributed by atoms with Gasteiger partial charge in [-0.3, -0.25) is 32.1 Å². The fourth-order valence-corrected chi connectivity index (χ4v) is 14.0. The molecule has 23 nitrogen and oxygen atoms in total. The van der Waals surface area contributed by atoms with Crippen LogP contribution in [-0.4, -0.2) is 121 Å². The van der Waals surface area contributed by atoms with Gasteiger partial charge in [-0.15, -0.1) is 0 Å². The van der Waals surface area contributed by atoms with Crippen molar-refractivity contribution in [2.24, 2.45) is 0 Å². The van der Waals surface area contributed by atoms with Gasteiger partial charge in [0, 0.05) is 63.9 Å². The molecule has 0 radical (unpaired) electrons. The van der Waals surface area contributed by atoms with E-state index in [-0.39, 0.29) is 77.0 Å². The second-order valence-electron chi connectivity index (χ2n) is 20.3. The number of nitrogens with zero attached hydrogens (tertiary/aromatic N) is 2. The molecule has 5 aromatic carbocycles.